The van der Waals surface area contributed by atoms with E-state index in [-0.39, 0.29) is 0 Å². The molecule has 3 heteroatoms. The lowest BCUT2D eigenvalue weighted by Crippen LogP contribution is -2.50. The Hall–Kier alpha value is -0.570. The number of piperidine rings is 1. The van der Waals surface area contributed by atoms with Gasteiger partial charge in [-0.25, -0.2) is 0 Å². The average Bonchev–Trinajstić information content (AvgIpc) is 3.01. The molecule has 0 aromatic heterocycles. The molecular formula is C13H23NO2. The van der Waals surface area contributed by atoms with Crippen LogP contribution in [0, 0.1) is 23.2 Å². The second kappa shape index (κ2) is 4.36. The van der Waals surface area contributed by atoms with E-state index in [1.165, 1.54) is 12.8 Å². The van der Waals surface area contributed by atoms with Gasteiger partial charge in [-0.1, -0.05) is 26.7 Å². The summed E-state index contributed by atoms with van der Waals surface area (Å²) in [6, 6.07) is 0. The second-order valence-corrected chi connectivity index (χ2v) is 6.07. The highest BCUT2D eigenvalue weighted by atomic mass is 16.4. The van der Waals surface area contributed by atoms with E-state index in [4.69, 9.17) is 0 Å². The molecule has 2 atom stereocenters. The van der Waals surface area contributed by atoms with Crippen LogP contribution in [0.5, 0.6) is 0 Å². The summed E-state index contributed by atoms with van der Waals surface area (Å²) in [7, 11) is 0. The normalized spacial score (nSPS) is 35.3. The van der Waals surface area contributed by atoms with Crippen LogP contribution in [0.2, 0.25) is 0 Å². The Bertz CT molecular complexity index is 273. The van der Waals surface area contributed by atoms with E-state index in [1.807, 2.05) is 0 Å². The highest BCUT2D eigenvalue weighted by Crippen LogP contribution is 2.45. The largest absolute Gasteiger partial charge is 0.481 e. The molecule has 2 aliphatic rings. The van der Waals surface area contributed by atoms with Crippen LogP contribution in [0.4, 0.5) is 0 Å². The zero-order valence-electron chi connectivity index (χ0n) is 10.3. The van der Waals surface area contributed by atoms with Gasteiger partial charge in [-0.05, 0) is 37.1 Å². The average molecular weight is 225 g/mol. The van der Waals surface area contributed by atoms with Crippen molar-refractivity contribution in [1.29, 1.82) is 0 Å². The second-order valence-electron chi connectivity index (χ2n) is 6.07. The molecule has 0 amide bonds. The number of hydrogen-bond donors (Lipinski definition) is 2. The Labute approximate surface area is 97.6 Å². The highest BCUT2D eigenvalue weighted by Gasteiger charge is 2.46. The van der Waals surface area contributed by atoms with Gasteiger partial charge in [0, 0.05) is 6.54 Å². The van der Waals surface area contributed by atoms with Crippen LogP contribution >= 0.6 is 0 Å². The molecule has 2 rings (SSSR count). The maximum Gasteiger partial charge on any atom is 0.310 e. The lowest BCUT2D eigenvalue weighted by molar-refractivity contribution is -0.152. The van der Waals surface area contributed by atoms with Gasteiger partial charge in [-0.15, -0.1) is 0 Å². The van der Waals surface area contributed by atoms with Crippen molar-refractivity contribution in [3.8, 4) is 0 Å². The van der Waals surface area contributed by atoms with E-state index < -0.39 is 11.4 Å². The van der Waals surface area contributed by atoms with E-state index in [0.29, 0.717) is 24.3 Å². The van der Waals surface area contributed by atoms with E-state index in [0.717, 1.165) is 19.4 Å². The van der Waals surface area contributed by atoms with Crippen LogP contribution in [0.25, 0.3) is 0 Å². The number of carboxylic acids is 1. The fraction of sp³-hybridized carbons (Fsp3) is 0.923. The Balaban J connectivity index is 2.07. The number of aliphatic carboxylic acids is 1. The lowest BCUT2D eigenvalue weighted by atomic mass is 9.70. The SMILES string of the molecule is CC(C)C1CNC[C@](CC2CC2)(C(=O)O)C1. The minimum atomic E-state index is -0.586. The molecule has 1 aliphatic heterocycles. The first-order valence-electron chi connectivity index (χ1n) is 6.47. The Morgan fingerprint density at radius 1 is 1.50 bits per heavy atom. The molecule has 1 unspecified atom stereocenters. The molecule has 1 saturated carbocycles. The highest BCUT2D eigenvalue weighted by molar-refractivity contribution is 5.75. The van der Waals surface area contributed by atoms with Crippen molar-refractivity contribution in [2.45, 2.75) is 39.5 Å². The summed E-state index contributed by atoms with van der Waals surface area (Å²) >= 11 is 0. The summed E-state index contributed by atoms with van der Waals surface area (Å²) in [6.45, 7) is 6.04. The van der Waals surface area contributed by atoms with Gasteiger partial charge in [-0.2, -0.15) is 0 Å². The molecule has 0 bridgehead atoms. The Morgan fingerprint density at radius 3 is 2.69 bits per heavy atom. The molecule has 1 saturated heterocycles. The van der Waals surface area contributed by atoms with Gasteiger partial charge >= 0.3 is 5.97 Å². The summed E-state index contributed by atoms with van der Waals surface area (Å²) in [5, 5.41) is 12.9. The zero-order valence-corrected chi connectivity index (χ0v) is 10.3. The number of rotatable bonds is 4. The number of carboxylic acid groups (broad SMARTS) is 1. The summed E-state index contributed by atoms with van der Waals surface area (Å²) in [4.78, 5) is 11.6. The molecule has 3 nitrogen and oxygen atoms in total. The number of hydrogen-bond acceptors (Lipinski definition) is 2. The summed E-state index contributed by atoms with van der Waals surface area (Å²) in [5.74, 6) is 1.19. The fourth-order valence-corrected chi connectivity index (χ4v) is 2.89. The van der Waals surface area contributed by atoms with E-state index in [9.17, 15) is 9.90 Å². The predicted octanol–water partition coefficient (Wildman–Crippen LogP) is 2.12. The van der Waals surface area contributed by atoms with Crippen LogP contribution < -0.4 is 5.32 Å². The third kappa shape index (κ3) is 2.40. The molecule has 0 aromatic rings. The van der Waals surface area contributed by atoms with Crippen molar-refractivity contribution in [1.82, 2.24) is 5.32 Å². The van der Waals surface area contributed by atoms with Crippen LogP contribution in [0.3, 0.4) is 0 Å². The molecular weight excluding hydrogens is 202 g/mol. The molecule has 2 fully saturated rings. The van der Waals surface area contributed by atoms with Crippen molar-refractivity contribution in [2.24, 2.45) is 23.2 Å². The number of nitrogens with one attached hydrogen (secondary N) is 1. The Kier molecular flexibility index (Phi) is 3.24. The van der Waals surface area contributed by atoms with Gasteiger partial charge in [-0.3, -0.25) is 4.79 Å². The first-order valence-corrected chi connectivity index (χ1v) is 6.47. The van der Waals surface area contributed by atoms with Crippen molar-refractivity contribution in [3.05, 3.63) is 0 Å². The van der Waals surface area contributed by atoms with Gasteiger partial charge in [0.1, 0.15) is 0 Å². The molecule has 0 spiro atoms. The summed E-state index contributed by atoms with van der Waals surface area (Å²) in [6.07, 6.45) is 4.23. The van der Waals surface area contributed by atoms with Crippen LogP contribution in [-0.2, 0) is 4.79 Å². The fourth-order valence-electron chi connectivity index (χ4n) is 2.89. The monoisotopic (exact) mass is 225 g/mol. The minimum absolute atomic E-state index is 0.478. The molecule has 2 N–H and O–H groups in total. The summed E-state index contributed by atoms with van der Waals surface area (Å²) in [5.41, 5.74) is -0.478. The maximum absolute atomic E-state index is 11.6. The van der Waals surface area contributed by atoms with Gasteiger partial charge in [0.15, 0.2) is 0 Å². The van der Waals surface area contributed by atoms with Crippen molar-refractivity contribution < 1.29 is 9.90 Å². The lowest BCUT2D eigenvalue weighted by Gasteiger charge is -2.40. The molecule has 1 heterocycles. The van der Waals surface area contributed by atoms with Crippen molar-refractivity contribution >= 4 is 5.97 Å². The molecule has 0 aromatic carbocycles. The third-order valence-electron chi connectivity index (χ3n) is 4.30. The summed E-state index contributed by atoms with van der Waals surface area (Å²) < 4.78 is 0. The van der Waals surface area contributed by atoms with Gasteiger partial charge in [0.05, 0.1) is 5.41 Å². The zero-order chi connectivity index (χ0) is 11.8. The topological polar surface area (TPSA) is 49.3 Å². The Morgan fingerprint density at radius 2 is 2.19 bits per heavy atom. The third-order valence-corrected chi connectivity index (χ3v) is 4.30. The molecule has 0 radical (unpaired) electrons. The smallest absolute Gasteiger partial charge is 0.310 e. The molecule has 92 valence electrons. The van der Waals surface area contributed by atoms with Crippen molar-refractivity contribution in [2.75, 3.05) is 13.1 Å². The maximum atomic E-state index is 11.6. The number of carbonyl (C=O) groups is 1. The first-order chi connectivity index (χ1) is 7.53. The van der Waals surface area contributed by atoms with Gasteiger partial charge in [0.25, 0.3) is 0 Å². The van der Waals surface area contributed by atoms with E-state index >= 15 is 0 Å². The minimum Gasteiger partial charge on any atom is -0.481 e. The van der Waals surface area contributed by atoms with Gasteiger partial charge < -0.3 is 10.4 Å². The van der Waals surface area contributed by atoms with E-state index in [1.54, 1.807) is 0 Å². The van der Waals surface area contributed by atoms with E-state index in [2.05, 4.69) is 19.2 Å². The predicted molar refractivity (Wildman–Crippen MR) is 63.2 cm³/mol. The van der Waals surface area contributed by atoms with Gasteiger partial charge in [0.2, 0.25) is 0 Å². The van der Waals surface area contributed by atoms with Crippen molar-refractivity contribution in [3.63, 3.8) is 0 Å². The van der Waals surface area contributed by atoms with Crippen LogP contribution in [0.15, 0.2) is 0 Å². The first kappa shape index (κ1) is 11.9. The molecule has 1 aliphatic carbocycles. The molecule has 16 heavy (non-hydrogen) atoms. The quantitative estimate of drug-likeness (QED) is 0.770. The van der Waals surface area contributed by atoms with Crippen LogP contribution in [0.1, 0.15) is 39.5 Å². The van der Waals surface area contributed by atoms with Crippen LogP contribution in [-0.4, -0.2) is 24.2 Å². The standard InChI is InChI=1S/C13H23NO2/c1-9(2)11-6-13(12(15)16,8-14-7-11)5-10-3-4-10/h9-11,14H,3-8H2,1-2H3,(H,15,16)/t11?,13-/m1/s1.